The van der Waals surface area contributed by atoms with Crippen LogP contribution in [0.3, 0.4) is 0 Å². The molecule has 6 heteroatoms. The van der Waals surface area contributed by atoms with E-state index in [2.05, 4.69) is 27.4 Å². The van der Waals surface area contributed by atoms with Gasteiger partial charge in [-0.3, -0.25) is 0 Å². The van der Waals surface area contributed by atoms with Crippen molar-refractivity contribution in [3.8, 4) is 17.5 Å². The van der Waals surface area contributed by atoms with Gasteiger partial charge in [0.1, 0.15) is 11.6 Å². The SMILES string of the molecule is [C-]#[N+]c1ccc2c(c1)nc(Cn1ccnc1-c1cccc(C#N)c1)n2CC. The molecule has 0 aliphatic heterocycles. The predicted octanol–water partition coefficient (Wildman–Crippen LogP) is 4.39. The molecule has 2 heterocycles. The van der Waals surface area contributed by atoms with Crippen LogP contribution in [0.5, 0.6) is 0 Å². The average Bonchev–Trinajstić information content (AvgIpc) is 3.31. The normalized spacial score (nSPS) is 10.6. The first-order chi connectivity index (χ1) is 13.2. The van der Waals surface area contributed by atoms with Crippen molar-refractivity contribution in [2.45, 2.75) is 20.0 Å². The number of fused-ring (bicyclic) bond motifs is 1. The summed E-state index contributed by atoms with van der Waals surface area (Å²) < 4.78 is 4.18. The van der Waals surface area contributed by atoms with E-state index < -0.39 is 0 Å². The lowest BCUT2D eigenvalue weighted by Crippen LogP contribution is -2.08. The number of imidazole rings is 2. The number of nitriles is 1. The van der Waals surface area contributed by atoms with E-state index in [-0.39, 0.29) is 0 Å². The van der Waals surface area contributed by atoms with E-state index in [1.54, 1.807) is 12.3 Å². The average molecular weight is 352 g/mol. The van der Waals surface area contributed by atoms with Crippen LogP contribution >= 0.6 is 0 Å². The molecule has 27 heavy (non-hydrogen) atoms. The number of aryl methyl sites for hydroxylation is 1. The predicted molar refractivity (Wildman–Crippen MR) is 103 cm³/mol. The molecule has 130 valence electrons. The fourth-order valence-electron chi connectivity index (χ4n) is 3.29. The smallest absolute Gasteiger partial charge is 0.189 e. The lowest BCUT2D eigenvalue weighted by atomic mass is 10.1. The lowest BCUT2D eigenvalue weighted by molar-refractivity contribution is 0.667. The van der Waals surface area contributed by atoms with E-state index in [0.29, 0.717) is 17.8 Å². The van der Waals surface area contributed by atoms with Crippen LogP contribution in [0.1, 0.15) is 18.3 Å². The van der Waals surface area contributed by atoms with E-state index in [1.807, 2.05) is 47.2 Å². The van der Waals surface area contributed by atoms with Crippen LogP contribution in [-0.4, -0.2) is 19.1 Å². The molecule has 0 spiro atoms. The molecular weight excluding hydrogens is 336 g/mol. The van der Waals surface area contributed by atoms with Crippen molar-refractivity contribution < 1.29 is 0 Å². The van der Waals surface area contributed by atoms with Gasteiger partial charge in [0.15, 0.2) is 5.69 Å². The molecule has 0 amide bonds. The third-order valence-corrected chi connectivity index (χ3v) is 4.53. The van der Waals surface area contributed by atoms with Crippen LogP contribution in [0.4, 0.5) is 5.69 Å². The Kier molecular flexibility index (Phi) is 4.16. The molecule has 0 atom stereocenters. The summed E-state index contributed by atoms with van der Waals surface area (Å²) in [5, 5.41) is 9.14. The number of nitrogens with zero attached hydrogens (tertiary/aromatic N) is 6. The molecule has 0 bridgehead atoms. The molecule has 0 saturated carbocycles. The Morgan fingerprint density at radius 2 is 2.11 bits per heavy atom. The molecule has 0 aliphatic rings. The third kappa shape index (κ3) is 2.94. The lowest BCUT2D eigenvalue weighted by Gasteiger charge is -2.10. The summed E-state index contributed by atoms with van der Waals surface area (Å²) in [7, 11) is 0. The molecule has 4 aromatic rings. The van der Waals surface area contributed by atoms with Crippen molar-refractivity contribution in [2.75, 3.05) is 0 Å². The van der Waals surface area contributed by atoms with Gasteiger partial charge in [-0.15, -0.1) is 0 Å². The standard InChI is InChI=1S/C21H16N6/c1-3-27-19-8-7-17(23-2)12-18(19)25-20(27)14-26-10-9-24-21(26)16-6-4-5-15(11-16)13-22/h4-12H,3,14H2,1H3. The fourth-order valence-corrected chi connectivity index (χ4v) is 3.29. The van der Waals surface area contributed by atoms with E-state index in [1.165, 1.54) is 0 Å². The van der Waals surface area contributed by atoms with Gasteiger partial charge < -0.3 is 9.13 Å². The van der Waals surface area contributed by atoms with Gasteiger partial charge in [-0.05, 0) is 31.2 Å². The van der Waals surface area contributed by atoms with Gasteiger partial charge in [-0.1, -0.05) is 18.2 Å². The Morgan fingerprint density at radius 3 is 2.89 bits per heavy atom. The highest BCUT2D eigenvalue weighted by Gasteiger charge is 2.13. The molecule has 2 aromatic heterocycles. The molecule has 0 N–H and O–H groups in total. The Balaban J connectivity index is 1.77. The maximum absolute atomic E-state index is 9.14. The molecule has 4 rings (SSSR count). The summed E-state index contributed by atoms with van der Waals surface area (Å²) in [4.78, 5) is 12.7. The second-order valence-corrected chi connectivity index (χ2v) is 6.13. The van der Waals surface area contributed by atoms with Crippen molar-refractivity contribution in [3.63, 3.8) is 0 Å². The minimum absolute atomic E-state index is 0.558. The summed E-state index contributed by atoms with van der Waals surface area (Å²) in [5.41, 5.74) is 3.94. The number of hydrogen-bond acceptors (Lipinski definition) is 3. The van der Waals surface area contributed by atoms with Gasteiger partial charge in [0, 0.05) is 24.5 Å². The molecular formula is C21H16N6. The highest BCUT2D eigenvalue weighted by atomic mass is 15.1. The Morgan fingerprint density at radius 1 is 1.22 bits per heavy atom. The van der Waals surface area contributed by atoms with Crippen LogP contribution in [-0.2, 0) is 13.1 Å². The first-order valence-electron chi connectivity index (χ1n) is 8.61. The van der Waals surface area contributed by atoms with Gasteiger partial charge in [0.25, 0.3) is 0 Å². The number of benzene rings is 2. The fraction of sp³-hybridized carbons (Fsp3) is 0.143. The number of rotatable bonds is 4. The third-order valence-electron chi connectivity index (χ3n) is 4.53. The van der Waals surface area contributed by atoms with Gasteiger partial charge in [-0.25, -0.2) is 14.8 Å². The zero-order valence-corrected chi connectivity index (χ0v) is 14.8. The highest BCUT2D eigenvalue weighted by Crippen LogP contribution is 2.24. The van der Waals surface area contributed by atoms with Crippen molar-refractivity contribution in [2.24, 2.45) is 0 Å². The topological polar surface area (TPSA) is 63.8 Å². The summed E-state index contributed by atoms with van der Waals surface area (Å²) in [6.45, 7) is 10.6. The molecule has 0 aliphatic carbocycles. The van der Waals surface area contributed by atoms with Crippen LogP contribution in [0, 0.1) is 17.9 Å². The summed E-state index contributed by atoms with van der Waals surface area (Å²) in [6, 6.07) is 15.2. The van der Waals surface area contributed by atoms with Crippen LogP contribution in [0.25, 0.3) is 27.3 Å². The van der Waals surface area contributed by atoms with Gasteiger partial charge in [-0.2, -0.15) is 5.26 Å². The molecule has 0 radical (unpaired) electrons. The van der Waals surface area contributed by atoms with Gasteiger partial charge >= 0.3 is 0 Å². The van der Waals surface area contributed by atoms with Crippen molar-refractivity contribution in [1.82, 2.24) is 19.1 Å². The van der Waals surface area contributed by atoms with E-state index in [9.17, 15) is 0 Å². The summed E-state index contributed by atoms with van der Waals surface area (Å²) >= 11 is 0. The monoisotopic (exact) mass is 352 g/mol. The Hall–Kier alpha value is -3.90. The van der Waals surface area contributed by atoms with Crippen LogP contribution in [0.2, 0.25) is 0 Å². The maximum atomic E-state index is 9.14. The zero-order valence-electron chi connectivity index (χ0n) is 14.8. The minimum Gasteiger partial charge on any atom is -0.327 e. The maximum Gasteiger partial charge on any atom is 0.189 e. The first-order valence-corrected chi connectivity index (χ1v) is 8.61. The van der Waals surface area contributed by atoms with E-state index in [0.717, 1.165) is 34.8 Å². The quantitative estimate of drug-likeness (QED) is 0.512. The van der Waals surface area contributed by atoms with Crippen molar-refractivity contribution in [3.05, 3.63) is 77.7 Å². The van der Waals surface area contributed by atoms with Crippen molar-refractivity contribution in [1.29, 1.82) is 5.26 Å². The highest BCUT2D eigenvalue weighted by molar-refractivity contribution is 5.80. The number of hydrogen-bond donors (Lipinski definition) is 0. The summed E-state index contributed by atoms with van der Waals surface area (Å²) in [5.74, 6) is 1.70. The van der Waals surface area contributed by atoms with E-state index in [4.69, 9.17) is 16.8 Å². The Bertz CT molecular complexity index is 1220. The number of aromatic nitrogens is 4. The van der Waals surface area contributed by atoms with Crippen molar-refractivity contribution >= 4 is 16.7 Å². The van der Waals surface area contributed by atoms with Gasteiger partial charge in [0.05, 0.1) is 35.8 Å². The molecule has 2 aromatic carbocycles. The second-order valence-electron chi connectivity index (χ2n) is 6.13. The van der Waals surface area contributed by atoms with Gasteiger partial charge in [0.2, 0.25) is 0 Å². The Labute approximate surface area is 156 Å². The van der Waals surface area contributed by atoms with Crippen LogP contribution < -0.4 is 0 Å². The largest absolute Gasteiger partial charge is 0.327 e. The first kappa shape index (κ1) is 16.6. The zero-order chi connectivity index (χ0) is 18.8. The van der Waals surface area contributed by atoms with Crippen LogP contribution in [0.15, 0.2) is 54.9 Å². The molecule has 6 nitrogen and oxygen atoms in total. The second kappa shape index (κ2) is 6.78. The molecule has 0 unspecified atom stereocenters. The molecule has 0 fully saturated rings. The minimum atomic E-state index is 0.558. The summed E-state index contributed by atoms with van der Waals surface area (Å²) in [6.07, 6.45) is 3.67. The molecule has 0 saturated heterocycles. The van der Waals surface area contributed by atoms with E-state index >= 15 is 0 Å².